The summed E-state index contributed by atoms with van der Waals surface area (Å²) in [5, 5.41) is 17.8. The van der Waals surface area contributed by atoms with Crippen LogP contribution in [0.4, 0.5) is 4.79 Å². The monoisotopic (exact) mass is 646 g/mol. The Balaban J connectivity index is 2.17. The van der Waals surface area contributed by atoms with Gasteiger partial charge in [-0.3, -0.25) is 4.79 Å². The second-order valence-corrected chi connectivity index (χ2v) is 14.2. The average molecular weight is 647 g/mol. The van der Waals surface area contributed by atoms with Crippen LogP contribution in [0.3, 0.4) is 0 Å². The van der Waals surface area contributed by atoms with Crippen molar-refractivity contribution in [2.24, 2.45) is 5.92 Å². The smallest absolute Gasteiger partial charge is 0.407 e. The Hall–Kier alpha value is -3.22. The minimum atomic E-state index is -2.36. The molecule has 0 unspecified atom stereocenters. The Morgan fingerprint density at radius 2 is 1.36 bits per heavy atom. The second-order valence-electron chi connectivity index (χ2n) is 11.5. The van der Waals surface area contributed by atoms with Crippen molar-refractivity contribution in [3.8, 4) is 0 Å². The van der Waals surface area contributed by atoms with Crippen LogP contribution >= 0.6 is 23.5 Å². The third-order valence-electron chi connectivity index (χ3n) is 6.87. The van der Waals surface area contributed by atoms with E-state index in [4.69, 9.17) is 14.2 Å². The Morgan fingerprint density at radius 1 is 0.886 bits per heavy atom. The lowest BCUT2D eigenvalue weighted by molar-refractivity contribution is -0.172. The topological polar surface area (TPSA) is 140 Å². The number of carbonyl (C=O) groups excluding carboxylic acids is 4. The van der Waals surface area contributed by atoms with Crippen LogP contribution in [0.5, 0.6) is 0 Å². The summed E-state index contributed by atoms with van der Waals surface area (Å²) in [4.78, 5) is 55.0. The third-order valence-corrected chi connectivity index (χ3v) is 9.84. The number of hydrogen-bond donors (Lipinski definition) is 3. The average Bonchev–Trinajstić information content (AvgIpc) is 3.28. The fourth-order valence-electron chi connectivity index (χ4n) is 5.22. The highest BCUT2D eigenvalue weighted by Gasteiger charge is 2.65. The van der Waals surface area contributed by atoms with Gasteiger partial charge in [-0.05, 0) is 71.7 Å². The van der Waals surface area contributed by atoms with Crippen molar-refractivity contribution >= 4 is 47.5 Å². The molecule has 44 heavy (non-hydrogen) atoms. The first kappa shape index (κ1) is 35.3. The highest BCUT2D eigenvalue weighted by molar-refractivity contribution is 8.17. The van der Waals surface area contributed by atoms with E-state index in [0.29, 0.717) is 0 Å². The molecule has 2 aromatic rings. The summed E-state index contributed by atoms with van der Waals surface area (Å²) in [6, 6.07) is 18.1. The zero-order valence-electron chi connectivity index (χ0n) is 26.0. The SMILES string of the molecule is CCOC(=O)C(NC(C)=O)(C(=O)OCC)[C@H]1C[C@](O)(C(Sc2ccccc2)Sc2ccccc2)C[C@@H]1NC(=O)OC(C)(C)C. The number of aliphatic hydroxyl groups is 1. The number of thioether (sulfide) groups is 2. The molecular weight excluding hydrogens is 604 g/mol. The quantitative estimate of drug-likeness (QED) is 0.0956. The van der Waals surface area contributed by atoms with E-state index in [2.05, 4.69) is 10.6 Å². The number of esters is 2. The Labute approximate surface area is 267 Å². The first-order valence-corrected chi connectivity index (χ1v) is 16.3. The van der Waals surface area contributed by atoms with Gasteiger partial charge in [0.1, 0.15) is 5.60 Å². The van der Waals surface area contributed by atoms with Crippen LogP contribution in [-0.2, 0) is 28.6 Å². The number of nitrogens with one attached hydrogen (secondary N) is 2. The van der Waals surface area contributed by atoms with E-state index in [-0.39, 0.29) is 26.1 Å². The van der Waals surface area contributed by atoms with Gasteiger partial charge in [0.2, 0.25) is 11.4 Å². The number of amides is 2. The van der Waals surface area contributed by atoms with E-state index in [1.807, 2.05) is 60.7 Å². The maximum atomic E-state index is 13.8. The molecule has 0 aromatic heterocycles. The van der Waals surface area contributed by atoms with Crippen LogP contribution in [0.2, 0.25) is 0 Å². The van der Waals surface area contributed by atoms with Crippen LogP contribution in [-0.4, -0.2) is 69.6 Å². The van der Waals surface area contributed by atoms with Crippen molar-refractivity contribution in [1.82, 2.24) is 10.6 Å². The molecule has 1 fully saturated rings. The lowest BCUT2D eigenvalue weighted by atomic mass is 9.79. The van der Waals surface area contributed by atoms with Crippen LogP contribution < -0.4 is 10.6 Å². The molecule has 1 saturated carbocycles. The Bertz CT molecular complexity index is 1230. The summed E-state index contributed by atoms with van der Waals surface area (Å²) in [6.45, 7) is 9.26. The van der Waals surface area contributed by atoms with Gasteiger partial charge in [0.15, 0.2) is 0 Å². The summed E-state index contributed by atoms with van der Waals surface area (Å²) in [5.74, 6) is -3.94. The fraction of sp³-hybridized carbons (Fsp3) is 0.500. The predicted octanol–water partition coefficient (Wildman–Crippen LogP) is 4.93. The van der Waals surface area contributed by atoms with Crippen molar-refractivity contribution in [2.45, 2.75) is 91.5 Å². The molecule has 0 saturated heterocycles. The number of hydrogen-bond acceptors (Lipinski definition) is 10. The first-order chi connectivity index (χ1) is 20.7. The molecule has 3 rings (SSSR count). The standard InChI is InChI=1S/C32H42N2O8S2/c1-7-40-26(36)32(34-21(3)35,27(37)41-8-2)24-19-31(39,20-25(24)33-29(38)42-30(4,5)6)28(43-22-15-11-9-12-16-22)44-23-17-13-10-14-18-23/h9-18,24-25,28,39H,7-8,19-20H2,1-6H3,(H,33,38)(H,34,35)/t24-,25-,31+/m0/s1. The molecule has 240 valence electrons. The van der Waals surface area contributed by atoms with Crippen molar-refractivity contribution in [3.63, 3.8) is 0 Å². The highest BCUT2D eigenvalue weighted by atomic mass is 32.2. The van der Waals surface area contributed by atoms with Gasteiger partial charge in [-0.2, -0.15) is 0 Å². The molecule has 2 aromatic carbocycles. The summed E-state index contributed by atoms with van der Waals surface area (Å²) in [5.41, 5.74) is -4.78. The van der Waals surface area contributed by atoms with Crippen LogP contribution in [0, 0.1) is 5.92 Å². The molecule has 12 heteroatoms. The van der Waals surface area contributed by atoms with Gasteiger partial charge in [-0.1, -0.05) is 36.4 Å². The van der Waals surface area contributed by atoms with Gasteiger partial charge in [-0.15, -0.1) is 23.5 Å². The third kappa shape index (κ3) is 8.92. The maximum Gasteiger partial charge on any atom is 0.407 e. The van der Waals surface area contributed by atoms with Crippen LogP contribution in [0.1, 0.15) is 54.4 Å². The molecule has 3 N–H and O–H groups in total. The maximum absolute atomic E-state index is 13.8. The van der Waals surface area contributed by atoms with Crippen LogP contribution in [0.25, 0.3) is 0 Å². The predicted molar refractivity (Wildman–Crippen MR) is 169 cm³/mol. The molecule has 0 spiro atoms. The van der Waals surface area contributed by atoms with Gasteiger partial charge in [-0.25, -0.2) is 14.4 Å². The van der Waals surface area contributed by atoms with Gasteiger partial charge in [0, 0.05) is 28.7 Å². The van der Waals surface area contributed by atoms with Crippen molar-refractivity contribution in [3.05, 3.63) is 60.7 Å². The van der Waals surface area contributed by atoms with Crippen LogP contribution in [0.15, 0.2) is 70.5 Å². The Morgan fingerprint density at radius 3 is 1.77 bits per heavy atom. The zero-order valence-corrected chi connectivity index (χ0v) is 27.6. The van der Waals surface area contributed by atoms with Crippen molar-refractivity contribution < 1.29 is 38.5 Å². The number of ether oxygens (including phenoxy) is 3. The second kappa shape index (κ2) is 15.2. The molecule has 1 aliphatic carbocycles. The van der Waals surface area contributed by atoms with E-state index in [1.165, 1.54) is 30.4 Å². The fourth-order valence-corrected chi connectivity index (χ4v) is 8.03. The normalized spacial score (nSPS) is 20.1. The summed E-state index contributed by atoms with van der Waals surface area (Å²) in [7, 11) is 0. The molecule has 0 heterocycles. The van der Waals surface area contributed by atoms with E-state index in [0.717, 1.165) is 9.79 Å². The van der Waals surface area contributed by atoms with E-state index in [9.17, 15) is 24.3 Å². The molecule has 3 atom stereocenters. The highest BCUT2D eigenvalue weighted by Crippen LogP contribution is 2.52. The minimum Gasteiger partial charge on any atom is -0.464 e. The molecule has 10 nitrogen and oxygen atoms in total. The van der Waals surface area contributed by atoms with E-state index in [1.54, 1.807) is 34.6 Å². The zero-order chi connectivity index (χ0) is 32.5. The minimum absolute atomic E-state index is 0.0681. The van der Waals surface area contributed by atoms with Crippen molar-refractivity contribution in [2.75, 3.05) is 13.2 Å². The number of carbonyl (C=O) groups is 4. The van der Waals surface area contributed by atoms with Crippen molar-refractivity contribution in [1.29, 1.82) is 0 Å². The number of rotatable bonds is 12. The van der Waals surface area contributed by atoms with Gasteiger partial charge in [0.05, 0.1) is 23.4 Å². The van der Waals surface area contributed by atoms with Gasteiger partial charge >= 0.3 is 18.0 Å². The largest absolute Gasteiger partial charge is 0.464 e. The van der Waals surface area contributed by atoms with E-state index < -0.39 is 57.2 Å². The number of benzene rings is 2. The Kier molecular flexibility index (Phi) is 12.2. The lowest BCUT2D eigenvalue weighted by Gasteiger charge is -2.38. The molecular formula is C32H42N2O8S2. The molecule has 0 radical (unpaired) electrons. The summed E-state index contributed by atoms with van der Waals surface area (Å²) in [6.07, 6.45) is -1.04. The molecule has 0 bridgehead atoms. The van der Waals surface area contributed by atoms with Gasteiger partial charge < -0.3 is 30.0 Å². The van der Waals surface area contributed by atoms with E-state index >= 15 is 0 Å². The molecule has 1 aliphatic rings. The molecule has 2 amide bonds. The summed E-state index contributed by atoms with van der Waals surface area (Å²) < 4.78 is 15.6. The van der Waals surface area contributed by atoms with Gasteiger partial charge in [0.25, 0.3) is 0 Å². The lowest BCUT2D eigenvalue weighted by Crippen LogP contribution is -2.68. The molecule has 0 aliphatic heterocycles. The number of alkyl carbamates (subject to hydrolysis) is 1. The first-order valence-electron chi connectivity index (χ1n) is 14.5. The summed E-state index contributed by atoms with van der Waals surface area (Å²) >= 11 is 2.85.